The van der Waals surface area contributed by atoms with E-state index in [1.807, 2.05) is 0 Å². The average molecular weight is 432 g/mol. The molecular weight excluding hydrogens is 418 g/mol. The summed E-state index contributed by atoms with van der Waals surface area (Å²) in [5.41, 5.74) is 0.125. The zero-order valence-corrected chi connectivity index (χ0v) is 15.0. The van der Waals surface area contributed by atoms with Gasteiger partial charge in [0.05, 0.1) is 0 Å². The minimum absolute atomic E-state index is 0.0115. The van der Waals surface area contributed by atoms with Gasteiger partial charge in [-0.2, -0.15) is 13.2 Å². The van der Waals surface area contributed by atoms with Gasteiger partial charge in [-0.05, 0) is 18.1 Å². The Morgan fingerprint density at radius 2 is 1.92 bits per heavy atom. The second kappa shape index (κ2) is 8.35. The molecule has 138 valence electrons. The minimum Gasteiger partial charge on any atom is -0.487 e. The summed E-state index contributed by atoms with van der Waals surface area (Å²) in [6.07, 6.45) is -3.71. The van der Waals surface area contributed by atoms with Gasteiger partial charge >= 0.3 is 12.1 Å². The predicted molar refractivity (Wildman–Crippen MR) is 93.5 cm³/mol. The molecule has 26 heavy (non-hydrogen) atoms. The third-order valence-corrected chi connectivity index (χ3v) is 4.07. The van der Waals surface area contributed by atoms with Crippen LogP contribution in [0.1, 0.15) is 11.1 Å². The molecule has 3 nitrogen and oxygen atoms in total. The Labute approximate surface area is 155 Å². The number of halogens is 5. The van der Waals surface area contributed by atoms with Crippen LogP contribution in [0.15, 0.2) is 53.5 Å². The molecule has 0 saturated carbocycles. The lowest BCUT2D eigenvalue weighted by molar-refractivity contribution is -0.167. The molecule has 0 aliphatic rings. The highest BCUT2D eigenvalue weighted by molar-refractivity contribution is 9.10. The van der Waals surface area contributed by atoms with Crippen molar-refractivity contribution in [3.05, 3.63) is 70.5 Å². The molecule has 1 N–H and O–H groups in total. The number of hydrogen-bond donors (Lipinski definition) is 1. The van der Waals surface area contributed by atoms with Crippen molar-refractivity contribution in [2.45, 2.75) is 19.2 Å². The topological polar surface area (TPSA) is 38.3 Å². The molecule has 0 aliphatic heterocycles. The van der Waals surface area contributed by atoms with Gasteiger partial charge in [0.2, 0.25) is 0 Å². The Balaban J connectivity index is 2.40. The first kappa shape index (κ1) is 20.0. The van der Waals surface area contributed by atoms with Crippen molar-refractivity contribution in [1.82, 2.24) is 0 Å². The fraction of sp³-hybridized carbons (Fsp3) is 0.167. The maximum absolute atomic E-state index is 14.7. The van der Waals surface area contributed by atoms with Crippen molar-refractivity contribution < 1.29 is 27.1 Å². The molecule has 8 heteroatoms. The molecule has 0 fully saturated rings. The maximum Gasteiger partial charge on any atom is 0.471 e. The Morgan fingerprint density at radius 1 is 1.27 bits per heavy atom. The molecule has 0 aromatic heterocycles. The summed E-state index contributed by atoms with van der Waals surface area (Å²) in [6, 6.07) is 10.1. The second-order valence-electron chi connectivity index (χ2n) is 5.24. The van der Waals surface area contributed by atoms with Crippen LogP contribution in [0.5, 0.6) is 5.75 Å². The number of benzene rings is 2. The van der Waals surface area contributed by atoms with Gasteiger partial charge in [0.1, 0.15) is 18.0 Å². The fourth-order valence-electron chi connectivity index (χ4n) is 2.12. The molecule has 0 spiro atoms. The molecular formula is C18H14BrF4NO2. The Bertz CT molecular complexity index is 807. The van der Waals surface area contributed by atoms with Crippen molar-refractivity contribution in [1.29, 1.82) is 0 Å². The third-order valence-electron chi connectivity index (χ3n) is 3.36. The summed E-state index contributed by atoms with van der Waals surface area (Å²) < 4.78 is 58.2. The Morgan fingerprint density at radius 3 is 2.50 bits per heavy atom. The number of allylic oxidation sites excluding steroid dienone is 1. The third kappa shape index (κ3) is 4.85. The summed E-state index contributed by atoms with van der Waals surface area (Å²) in [5, 5.41) is 1.56. The molecule has 2 rings (SSSR count). The normalized spacial score (nSPS) is 11.1. The summed E-state index contributed by atoms with van der Waals surface area (Å²) in [4.78, 5) is 11.3. The van der Waals surface area contributed by atoms with Gasteiger partial charge in [0.25, 0.3) is 0 Å². The first-order valence-electron chi connectivity index (χ1n) is 7.40. The van der Waals surface area contributed by atoms with E-state index in [2.05, 4.69) is 22.5 Å². The fourth-order valence-corrected chi connectivity index (χ4v) is 2.66. The van der Waals surface area contributed by atoms with Crippen molar-refractivity contribution in [3.63, 3.8) is 0 Å². The summed E-state index contributed by atoms with van der Waals surface area (Å²) in [6.45, 7) is 3.47. The lowest BCUT2D eigenvalue weighted by Crippen LogP contribution is -2.30. The highest BCUT2D eigenvalue weighted by Crippen LogP contribution is 2.37. The van der Waals surface area contributed by atoms with Gasteiger partial charge in [-0.15, -0.1) is 6.58 Å². The van der Waals surface area contributed by atoms with Crippen LogP contribution < -0.4 is 10.1 Å². The van der Waals surface area contributed by atoms with Crippen LogP contribution in [0.25, 0.3) is 0 Å². The lowest BCUT2D eigenvalue weighted by Gasteiger charge is -2.17. The van der Waals surface area contributed by atoms with Crippen LogP contribution in [-0.4, -0.2) is 12.1 Å². The summed E-state index contributed by atoms with van der Waals surface area (Å²) in [7, 11) is 0. The molecule has 0 saturated heterocycles. The van der Waals surface area contributed by atoms with Crippen molar-refractivity contribution in [3.8, 4) is 5.75 Å². The standard InChI is InChI=1S/C18H14BrF4NO2/c1-2-6-12-13(19)9-14(26-10-11-7-4-3-5-8-11)16(15(12)20)24-17(25)18(21,22)23/h2-5,7-9H,1,6,10H2,(H,24,25). The lowest BCUT2D eigenvalue weighted by atomic mass is 10.1. The number of carbonyl (C=O) groups excluding carboxylic acids is 1. The maximum atomic E-state index is 14.7. The first-order valence-corrected chi connectivity index (χ1v) is 8.20. The van der Waals surface area contributed by atoms with Crippen molar-refractivity contribution in [2.75, 3.05) is 5.32 Å². The number of nitrogens with one attached hydrogen (secondary N) is 1. The Kier molecular flexibility index (Phi) is 6.42. The number of amides is 1. The summed E-state index contributed by atoms with van der Waals surface area (Å²) in [5.74, 6) is -3.52. The number of hydrogen-bond acceptors (Lipinski definition) is 2. The van der Waals surface area contributed by atoms with Crippen LogP contribution >= 0.6 is 15.9 Å². The van der Waals surface area contributed by atoms with Crippen LogP contribution in [0.4, 0.5) is 23.2 Å². The smallest absolute Gasteiger partial charge is 0.471 e. The van der Waals surface area contributed by atoms with Crippen LogP contribution in [0.3, 0.4) is 0 Å². The zero-order chi connectivity index (χ0) is 19.3. The number of anilines is 1. The number of ether oxygens (including phenoxy) is 1. The molecule has 0 bridgehead atoms. The van der Waals surface area contributed by atoms with Gasteiger partial charge in [-0.3, -0.25) is 4.79 Å². The molecule has 0 aliphatic carbocycles. The number of carbonyl (C=O) groups is 1. The number of alkyl halides is 3. The SMILES string of the molecule is C=CCc1c(Br)cc(OCc2ccccc2)c(NC(=O)C(F)(F)F)c1F. The molecule has 0 unspecified atom stereocenters. The van der Waals surface area contributed by atoms with E-state index in [1.54, 1.807) is 35.6 Å². The van der Waals surface area contributed by atoms with Gasteiger partial charge < -0.3 is 10.1 Å². The Hall–Kier alpha value is -2.35. The van der Waals surface area contributed by atoms with Crippen LogP contribution in [0, 0.1) is 5.82 Å². The summed E-state index contributed by atoms with van der Waals surface area (Å²) >= 11 is 3.16. The first-order chi connectivity index (χ1) is 12.2. The quantitative estimate of drug-likeness (QED) is 0.491. The van der Waals surface area contributed by atoms with Crippen LogP contribution in [0.2, 0.25) is 0 Å². The van der Waals surface area contributed by atoms with E-state index < -0.39 is 23.6 Å². The highest BCUT2D eigenvalue weighted by Gasteiger charge is 2.40. The molecule has 0 atom stereocenters. The van der Waals surface area contributed by atoms with E-state index in [9.17, 15) is 22.4 Å². The van der Waals surface area contributed by atoms with Crippen molar-refractivity contribution in [2.24, 2.45) is 0 Å². The molecule has 2 aromatic carbocycles. The highest BCUT2D eigenvalue weighted by atomic mass is 79.9. The zero-order valence-electron chi connectivity index (χ0n) is 13.4. The monoisotopic (exact) mass is 431 g/mol. The molecule has 1 amide bonds. The molecule has 0 heterocycles. The van der Waals surface area contributed by atoms with E-state index >= 15 is 0 Å². The van der Waals surface area contributed by atoms with E-state index in [-0.39, 0.29) is 24.3 Å². The van der Waals surface area contributed by atoms with Gasteiger partial charge in [0, 0.05) is 10.0 Å². The van der Waals surface area contributed by atoms with E-state index in [0.29, 0.717) is 4.47 Å². The average Bonchev–Trinajstić information content (AvgIpc) is 2.59. The second-order valence-corrected chi connectivity index (χ2v) is 6.10. The largest absolute Gasteiger partial charge is 0.487 e. The molecule has 0 radical (unpaired) electrons. The molecule has 2 aromatic rings. The minimum atomic E-state index is -5.16. The van der Waals surface area contributed by atoms with Gasteiger partial charge in [-0.1, -0.05) is 52.3 Å². The van der Waals surface area contributed by atoms with Gasteiger partial charge in [0.15, 0.2) is 5.82 Å². The van der Waals surface area contributed by atoms with Crippen molar-refractivity contribution >= 4 is 27.5 Å². The van der Waals surface area contributed by atoms with E-state index in [4.69, 9.17) is 4.74 Å². The number of rotatable bonds is 6. The van der Waals surface area contributed by atoms with Crippen LogP contribution in [-0.2, 0) is 17.8 Å². The van der Waals surface area contributed by atoms with Gasteiger partial charge in [-0.25, -0.2) is 4.39 Å². The van der Waals surface area contributed by atoms with E-state index in [0.717, 1.165) is 5.56 Å². The predicted octanol–water partition coefficient (Wildman–Crippen LogP) is 5.40. The van der Waals surface area contributed by atoms with E-state index in [1.165, 1.54) is 12.1 Å².